The van der Waals surface area contributed by atoms with E-state index in [9.17, 15) is 0 Å². The summed E-state index contributed by atoms with van der Waals surface area (Å²) in [5.74, 6) is 0. The summed E-state index contributed by atoms with van der Waals surface area (Å²) < 4.78 is 0. The zero-order valence-electron chi connectivity index (χ0n) is 5.83. The molecule has 1 saturated carbocycles. The Labute approximate surface area is 51.6 Å². The standard InChI is InChI=1S/C8H14/c1-7(2)8(3)5-4-6-8/h1,4-6H2,2-3H3. The summed E-state index contributed by atoms with van der Waals surface area (Å²) in [6, 6.07) is 0. The summed E-state index contributed by atoms with van der Waals surface area (Å²) >= 11 is 0. The van der Waals surface area contributed by atoms with Crippen molar-refractivity contribution in [2.75, 3.05) is 0 Å². The first-order valence-corrected chi connectivity index (χ1v) is 3.31. The summed E-state index contributed by atoms with van der Waals surface area (Å²) in [7, 11) is 0. The van der Waals surface area contributed by atoms with E-state index in [1.54, 1.807) is 0 Å². The van der Waals surface area contributed by atoms with E-state index < -0.39 is 0 Å². The van der Waals surface area contributed by atoms with Crippen LogP contribution in [0.5, 0.6) is 0 Å². The Morgan fingerprint density at radius 2 is 2.00 bits per heavy atom. The van der Waals surface area contributed by atoms with Gasteiger partial charge < -0.3 is 0 Å². The van der Waals surface area contributed by atoms with Crippen molar-refractivity contribution in [3.63, 3.8) is 0 Å². The average Bonchev–Trinajstić information content (AvgIpc) is 1.60. The summed E-state index contributed by atoms with van der Waals surface area (Å²) in [5.41, 5.74) is 1.89. The predicted molar refractivity (Wildman–Crippen MR) is 36.8 cm³/mol. The molecule has 0 bridgehead atoms. The summed E-state index contributed by atoms with van der Waals surface area (Å²) in [6.45, 7) is 8.39. The Hall–Kier alpha value is -0.260. The lowest BCUT2D eigenvalue weighted by molar-refractivity contribution is 0.215. The van der Waals surface area contributed by atoms with E-state index in [0.717, 1.165) is 0 Å². The molecule has 0 atom stereocenters. The van der Waals surface area contributed by atoms with Crippen molar-refractivity contribution in [1.29, 1.82) is 0 Å². The number of hydrogen-bond donors (Lipinski definition) is 0. The second-order valence-electron chi connectivity index (χ2n) is 3.19. The monoisotopic (exact) mass is 110 g/mol. The maximum Gasteiger partial charge on any atom is -0.0122 e. The Kier molecular flexibility index (Phi) is 1.18. The van der Waals surface area contributed by atoms with Crippen molar-refractivity contribution in [3.05, 3.63) is 12.2 Å². The molecule has 0 aromatic carbocycles. The molecular weight excluding hydrogens is 96.1 g/mol. The van der Waals surface area contributed by atoms with Gasteiger partial charge in [0.05, 0.1) is 0 Å². The average molecular weight is 110 g/mol. The van der Waals surface area contributed by atoms with Gasteiger partial charge in [-0.15, -0.1) is 0 Å². The predicted octanol–water partition coefficient (Wildman–Crippen LogP) is 2.75. The Bertz CT molecular complexity index is 107. The van der Waals surface area contributed by atoms with Gasteiger partial charge in [0.1, 0.15) is 0 Å². The molecule has 1 aliphatic carbocycles. The highest BCUT2D eigenvalue weighted by molar-refractivity contribution is 5.09. The van der Waals surface area contributed by atoms with E-state index in [4.69, 9.17) is 0 Å². The van der Waals surface area contributed by atoms with Crippen LogP contribution in [0.1, 0.15) is 33.1 Å². The first-order chi connectivity index (χ1) is 3.65. The lowest BCUT2D eigenvalue weighted by Gasteiger charge is -2.39. The fraction of sp³-hybridized carbons (Fsp3) is 0.750. The second-order valence-corrected chi connectivity index (χ2v) is 3.19. The van der Waals surface area contributed by atoms with E-state index >= 15 is 0 Å². The molecule has 0 aromatic rings. The third-order valence-electron chi connectivity index (χ3n) is 2.49. The lowest BCUT2D eigenvalue weighted by atomic mass is 9.66. The minimum atomic E-state index is 0.528. The van der Waals surface area contributed by atoms with Crippen LogP contribution in [0.3, 0.4) is 0 Å². The zero-order valence-corrected chi connectivity index (χ0v) is 5.83. The highest BCUT2D eigenvalue weighted by Gasteiger charge is 2.31. The Morgan fingerprint density at radius 3 is 2.00 bits per heavy atom. The summed E-state index contributed by atoms with van der Waals surface area (Å²) in [6.07, 6.45) is 4.13. The molecule has 0 aliphatic heterocycles. The normalized spacial score (nSPS) is 24.2. The van der Waals surface area contributed by atoms with E-state index in [1.807, 2.05) is 0 Å². The largest absolute Gasteiger partial charge is 0.0996 e. The van der Waals surface area contributed by atoms with E-state index in [1.165, 1.54) is 24.8 Å². The second kappa shape index (κ2) is 1.61. The maximum atomic E-state index is 3.95. The van der Waals surface area contributed by atoms with E-state index in [0.29, 0.717) is 5.41 Å². The molecule has 0 heterocycles. The molecule has 0 nitrogen and oxygen atoms in total. The van der Waals surface area contributed by atoms with Gasteiger partial charge in [0.2, 0.25) is 0 Å². The van der Waals surface area contributed by atoms with Crippen LogP contribution in [0.4, 0.5) is 0 Å². The van der Waals surface area contributed by atoms with Gasteiger partial charge in [0, 0.05) is 0 Å². The topological polar surface area (TPSA) is 0 Å². The number of allylic oxidation sites excluding steroid dienone is 1. The maximum absolute atomic E-state index is 3.95. The molecule has 0 radical (unpaired) electrons. The molecular formula is C8H14. The van der Waals surface area contributed by atoms with E-state index in [2.05, 4.69) is 20.4 Å². The van der Waals surface area contributed by atoms with Gasteiger partial charge in [0.25, 0.3) is 0 Å². The van der Waals surface area contributed by atoms with Crippen molar-refractivity contribution >= 4 is 0 Å². The molecule has 8 heavy (non-hydrogen) atoms. The molecule has 0 unspecified atom stereocenters. The molecule has 1 fully saturated rings. The fourth-order valence-corrected chi connectivity index (χ4v) is 1.13. The van der Waals surface area contributed by atoms with Crippen molar-refractivity contribution in [3.8, 4) is 0 Å². The SMILES string of the molecule is C=C(C)C1(C)CCC1. The van der Waals surface area contributed by atoms with Crippen LogP contribution < -0.4 is 0 Å². The van der Waals surface area contributed by atoms with Gasteiger partial charge in [-0.3, -0.25) is 0 Å². The quantitative estimate of drug-likeness (QED) is 0.455. The molecule has 0 spiro atoms. The Morgan fingerprint density at radius 1 is 1.50 bits per heavy atom. The van der Waals surface area contributed by atoms with Crippen LogP contribution in [-0.2, 0) is 0 Å². The minimum Gasteiger partial charge on any atom is -0.0996 e. The Balaban J connectivity index is 2.53. The van der Waals surface area contributed by atoms with Gasteiger partial charge in [-0.1, -0.05) is 25.5 Å². The van der Waals surface area contributed by atoms with Crippen LogP contribution >= 0.6 is 0 Å². The third kappa shape index (κ3) is 0.683. The molecule has 0 aromatic heterocycles. The van der Waals surface area contributed by atoms with Gasteiger partial charge in [-0.2, -0.15) is 0 Å². The molecule has 0 heteroatoms. The molecule has 0 saturated heterocycles. The lowest BCUT2D eigenvalue weighted by Crippen LogP contribution is -2.25. The van der Waals surface area contributed by atoms with Gasteiger partial charge in [-0.25, -0.2) is 0 Å². The van der Waals surface area contributed by atoms with Crippen LogP contribution in [0, 0.1) is 5.41 Å². The first-order valence-electron chi connectivity index (χ1n) is 3.31. The van der Waals surface area contributed by atoms with E-state index in [-0.39, 0.29) is 0 Å². The van der Waals surface area contributed by atoms with Crippen LogP contribution in [0.2, 0.25) is 0 Å². The van der Waals surface area contributed by atoms with Crippen LogP contribution in [0.25, 0.3) is 0 Å². The summed E-state index contributed by atoms with van der Waals surface area (Å²) in [5, 5.41) is 0. The van der Waals surface area contributed by atoms with Crippen LogP contribution in [0.15, 0.2) is 12.2 Å². The highest BCUT2D eigenvalue weighted by Crippen LogP contribution is 2.45. The highest BCUT2D eigenvalue weighted by atomic mass is 14.4. The van der Waals surface area contributed by atoms with Crippen molar-refractivity contribution in [2.24, 2.45) is 5.41 Å². The molecule has 0 N–H and O–H groups in total. The molecule has 46 valence electrons. The molecule has 0 amide bonds. The van der Waals surface area contributed by atoms with Crippen molar-refractivity contribution in [1.82, 2.24) is 0 Å². The van der Waals surface area contributed by atoms with Crippen molar-refractivity contribution in [2.45, 2.75) is 33.1 Å². The zero-order chi connectivity index (χ0) is 6.20. The van der Waals surface area contributed by atoms with Gasteiger partial charge in [0.15, 0.2) is 0 Å². The third-order valence-corrected chi connectivity index (χ3v) is 2.49. The number of rotatable bonds is 1. The van der Waals surface area contributed by atoms with Gasteiger partial charge in [-0.05, 0) is 25.2 Å². The molecule has 1 rings (SSSR count). The van der Waals surface area contributed by atoms with Gasteiger partial charge >= 0.3 is 0 Å². The smallest absolute Gasteiger partial charge is 0.0122 e. The van der Waals surface area contributed by atoms with Crippen LogP contribution in [-0.4, -0.2) is 0 Å². The van der Waals surface area contributed by atoms with Crippen molar-refractivity contribution < 1.29 is 0 Å². The first kappa shape index (κ1) is 5.87. The minimum absolute atomic E-state index is 0.528. The summed E-state index contributed by atoms with van der Waals surface area (Å²) in [4.78, 5) is 0. The molecule has 1 aliphatic rings. The fourth-order valence-electron chi connectivity index (χ4n) is 1.13. The number of hydrogen-bond acceptors (Lipinski definition) is 0.